The minimum absolute atomic E-state index is 0.165. The van der Waals surface area contributed by atoms with Gasteiger partial charge in [0.25, 0.3) is 0 Å². The van der Waals surface area contributed by atoms with E-state index in [-0.39, 0.29) is 18.0 Å². The first-order valence-electron chi connectivity index (χ1n) is 5.11. The largest absolute Gasteiger partial charge is 0.367 e. The third-order valence-electron chi connectivity index (χ3n) is 3.64. The Kier molecular flexibility index (Phi) is 3.12. The lowest BCUT2D eigenvalue weighted by molar-refractivity contribution is -0.156. The van der Waals surface area contributed by atoms with E-state index in [1.165, 1.54) is 0 Å². The van der Waals surface area contributed by atoms with E-state index >= 15 is 0 Å². The highest BCUT2D eigenvalue weighted by molar-refractivity contribution is 5.80. The second-order valence-electron chi connectivity index (χ2n) is 4.45. The monoisotopic (exact) mass is 184 g/mol. The molecule has 0 N–H and O–H groups in total. The Morgan fingerprint density at radius 3 is 2.00 bits per heavy atom. The standard InChI is InChI=1S/C11H20O2/c1-6-7(2)10(5)13-11(8(6)3)9(4)12/h6-8,10-11H,1-5H3/t6-,7?,8-,10+,11?/m1/s1. The summed E-state index contributed by atoms with van der Waals surface area (Å²) in [5.41, 5.74) is 0. The molecule has 0 aliphatic carbocycles. The van der Waals surface area contributed by atoms with Crippen LogP contribution in [0.25, 0.3) is 0 Å². The van der Waals surface area contributed by atoms with E-state index in [0.29, 0.717) is 17.8 Å². The van der Waals surface area contributed by atoms with E-state index in [1.807, 2.05) is 0 Å². The molecule has 5 atom stereocenters. The van der Waals surface area contributed by atoms with Crippen molar-refractivity contribution in [2.75, 3.05) is 0 Å². The third-order valence-corrected chi connectivity index (χ3v) is 3.64. The van der Waals surface area contributed by atoms with Crippen molar-refractivity contribution in [1.29, 1.82) is 0 Å². The van der Waals surface area contributed by atoms with Crippen molar-refractivity contribution >= 4 is 5.78 Å². The van der Waals surface area contributed by atoms with Crippen LogP contribution >= 0.6 is 0 Å². The molecule has 2 heteroatoms. The molecule has 1 rings (SSSR count). The Labute approximate surface area is 80.7 Å². The lowest BCUT2D eigenvalue weighted by atomic mass is 9.76. The fourth-order valence-electron chi connectivity index (χ4n) is 2.13. The van der Waals surface area contributed by atoms with Crippen molar-refractivity contribution in [3.8, 4) is 0 Å². The highest BCUT2D eigenvalue weighted by Gasteiger charge is 2.38. The highest BCUT2D eigenvalue weighted by Crippen LogP contribution is 2.34. The van der Waals surface area contributed by atoms with E-state index in [1.54, 1.807) is 6.92 Å². The van der Waals surface area contributed by atoms with Crippen LogP contribution in [0.2, 0.25) is 0 Å². The molecule has 0 saturated carbocycles. The summed E-state index contributed by atoms with van der Waals surface area (Å²) in [6.45, 7) is 10.2. The zero-order valence-corrected chi connectivity index (χ0v) is 9.20. The summed E-state index contributed by atoms with van der Waals surface area (Å²) in [5, 5.41) is 0. The zero-order valence-electron chi connectivity index (χ0n) is 9.20. The molecule has 1 heterocycles. The molecule has 1 aliphatic rings. The zero-order chi connectivity index (χ0) is 10.2. The van der Waals surface area contributed by atoms with Gasteiger partial charge < -0.3 is 4.74 Å². The Hall–Kier alpha value is -0.370. The van der Waals surface area contributed by atoms with Crippen molar-refractivity contribution in [3.05, 3.63) is 0 Å². The maximum absolute atomic E-state index is 11.3. The number of hydrogen-bond acceptors (Lipinski definition) is 2. The van der Waals surface area contributed by atoms with Gasteiger partial charge in [0.05, 0.1) is 6.10 Å². The van der Waals surface area contributed by atoms with Gasteiger partial charge >= 0.3 is 0 Å². The van der Waals surface area contributed by atoms with Gasteiger partial charge in [0.1, 0.15) is 6.10 Å². The van der Waals surface area contributed by atoms with Crippen LogP contribution in [0.5, 0.6) is 0 Å². The SMILES string of the molecule is CC(=O)C1O[C@@H](C)C(C)[C@@H](C)[C@H]1C. The molecule has 0 aromatic rings. The molecule has 0 bridgehead atoms. The predicted molar refractivity (Wildman–Crippen MR) is 52.5 cm³/mol. The first kappa shape index (κ1) is 10.7. The summed E-state index contributed by atoms with van der Waals surface area (Å²) in [5.74, 6) is 1.63. The number of hydrogen-bond donors (Lipinski definition) is 0. The second kappa shape index (κ2) is 3.79. The molecule has 0 radical (unpaired) electrons. The van der Waals surface area contributed by atoms with Gasteiger partial charge in [0.15, 0.2) is 5.78 Å². The van der Waals surface area contributed by atoms with Crippen LogP contribution in [-0.4, -0.2) is 18.0 Å². The molecule has 2 nitrogen and oxygen atoms in total. The van der Waals surface area contributed by atoms with Gasteiger partial charge in [-0.05, 0) is 31.6 Å². The van der Waals surface area contributed by atoms with Crippen molar-refractivity contribution < 1.29 is 9.53 Å². The number of carbonyl (C=O) groups excluding carboxylic acids is 1. The molecule has 1 saturated heterocycles. The third kappa shape index (κ3) is 1.93. The molecule has 0 amide bonds. The van der Waals surface area contributed by atoms with Gasteiger partial charge in [0, 0.05) is 0 Å². The van der Waals surface area contributed by atoms with Gasteiger partial charge in [-0.25, -0.2) is 0 Å². The lowest BCUT2D eigenvalue weighted by Crippen LogP contribution is -2.46. The lowest BCUT2D eigenvalue weighted by Gasteiger charge is -2.41. The van der Waals surface area contributed by atoms with E-state index in [4.69, 9.17) is 4.74 Å². The maximum Gasteiger partial charge on any atom is 0.158 e. The molecule has 76 valence electrons. The Morgan fingerprint density at radius 1 is 1.00 bits per heavy atom. The molecule has 0 aromatic carbocycles. The topological polar surface area (TPSA) is 26.3 Å². The van der Waals surface area contributed by atoms with Crippen LogP contribution in [-0.2, 0) is 9.53 Å². The van der Waals surface area contributed by atoms with Crippen LogP contribution < -0.4 is 0 Å². The predicted octanol–water partition coefficient (Wildman–Crippen LogP) is 2.27. The summed E-state index contributed by atoms with van der Waals surface area (Å²) >= 11 is 0. The Balaban J connectivity index is 2.76. The molecule has 1 fully saturated rings. The van der Waals surface area contributed by atoms with Gasteiger partial charge in [-0.1, -0.05) is 20.8 Å². The number of Topliss-reactive ketones (excluding diaryl/α,β-unsaturated/α-hetero) is 1. The second-order valence-corrected chi connectivity index (χ2v) is 4.45. The highest BCUT2D eigenvalue weighted by atomic mass is 16.5. The van der Waals surface area contributed by atoms with Gasteiger partial charge in [0.2, 0.25) is 0 Å². The first-order valence-corrected chi connectivity index (χ1v) is 5.11. The van der Waals surface area contributed by atoms with Crippen molar-refractivity contribution in [1.82, 2.24) is 0 Å². The summed E-state index contributed by atoms with van der Waals surface area (Å²) < 4.78 is 5.69. The Bertz CT molecular complexity index is 200. The molecule has 0 spiro atoms. The van der Waals surface area contributed by atoms with E-state index in [9.17, 15) is 4.79 Å². The fourth-order valence-corrected chi connectivity index (χ4v) is 2.13. The van der Waals surface area contributed by atoms with Crippen LogP contribution in [0.15, 0.2) is 0 Å². The summed E-state index contributed by atoms with van der Waals surface area (Å²) in [6.07, 6.45) is 0.0290. The molecule has 1 aliphatic heterocycles. The molecular weight excluding hydrogens is 164 g/mol. The van der Waals surface area contributed by atoms with E-state index < -0.39 is 0 Å². The van der Waals surface area contributed by atoms with Crippen LogP contribution in [0, 0.1) is 17.8 Å². The maximum atomic E-state index is 11.3. The first-order chi connectivity index (χ1) is 5.95. The van der Waals surface area contributed by atoms with Crippen LogP contribution in [0.4, 0.5) is 0 Å². The van der Waals surface area contributed by atoms with Crippen molar-refractivity contribution in [2.45, 2.75) is 46.8 Å². The fraction of sp³-hybridized carbons (Fsp3) is 0.909. The van der Waals surface area contributed by atoms with E-state index in [0.717, 1.165) is 0 Å². The quantitative estimate of drug-likeness (QED) is 0.625. The number of ketones is 1. The minimum Gasteiger partial charge on any atom is -0.367 e. The van der Waals surface area contributed by atoms with E-state index in [2.05, 4.69) is 27.7 Å². The molecule has 2 unspecified atom stereocenters. The van der Waals surface area contributed by atoms with Gasteiger partial charge in [-0.15, -0.1) is 0 Å². The number of rotatable bonds is 1. The van der Waals surface area contributed by atoms with Gasteiger partial charge in [-0.2, -0.15) is 0 Å². The van der Waals surface area contributed by atoms with Crippen molar-refractivity contribution in [3.63, 3.8) is 0 Å². The molecule has 0 aromatic heterocycles. The number of carbonyl (C=O) groups is 1. The molecule has 13 heavy (non-hydrogen) atoms. The minimum atomic E-state index is -0.179. The van der Waals surface area contributed by atoms with Crippen LogP contribution in [0.3, 0.4) is 0 Å². The molecular formula is C11H20O2. The van der Waals surface area contributed by atoms with Gasteiger partial charge in [-0.3, -0.25) is 4.79 Å². The Morgan fingerprint density at radius 2 is 1.54 bits per heavy atom. The number of ether oxygens (including phenoxy) is 1. The smallest absolute Gasteiger partial charge is 0.158 e. The summed E-state index contributed by atoms with van der Waals surface area (Å²) in [6, 6.07) is 0. The normalized spacial score (nSPS) is 46.1. The summed E-state index contributed by atoms with van der Waals surface area (Å²) in [4.78, 5) is 11.3. The van der Waals surface area contributed by atoms with Crippen molar-refractivity contribution in [2.24, 2.45) is 17.8 Å². The average molecular weight is 184 g/mol. The summed E-state index contributed by atoms with van der Waals surface area (Å²) in [7, 11) is 0. The average Bonchev–Trinajstić information content (AvgIpc) is 2.07. The van der Waals surface area contributed by atoms with Crippen LogP contribution in [0.1, 0.15) is 34.6 Å².